The van der Waals surface area contributed by atoms with Crippen LogP contribution in [0.4, 0.5) is 18.0 Å². The van der Waals surface area contributed by atoms with Crippen LogP contribution in [-0.2, 0) is 10.9 Å². The fourth-order valence-electron chi connectivity index (χ4n) is 4.30. The number of amides is 2. The fourth-order valence-corrected chi connectivity index (χ4v) is 4.30. The molecule has 170 valence electrons. The van der Waals surface area contributed by atoms with Crippen LogP contribution in [0.1, 0.15) is 29.0 Å². The molecule has 0 saturated carbocycles. The Balaban J connectivity index is 1.54. The summed E-state index contributed by atoms with van der Waals surface area (Å²) in [7, 11) is 0. The number of alkyl halides is 3. The van der Waals surface area contributed by atoms with Crippen LogP contribution in [0.5, 0.6) is 0 Å². The highest BCUT2D eigenvalue weighted by Gasteiger charge is 2.34. The number of ether oxygens (including phenoxy) is 1. The van der Waals surface area contributed by atoms with Gasteiger partial charge in [-0.15, -0.1) is 0 Å². The molecule has 2 unspecified atom stereocenters. The maximum Gasteiger partial charge on any atom is 0.416 e. The van der Waals surface area contributed by atoms with E-state index in [2.05, 4.69) is 11.1 Å². The highest BCUT2D eigenvalue weighted by Crippen LogP contribution is 2.34. The molecule has 0 spiro atoms. The van der Waals surface area contributed by atoms with Gasteiger partial charge in [0.25, 0.3) is 0 Å². The smallest absolute Gasteiger partial charge is 0.378 e. The van der Waals surface area contributed by atoms with E-state index in [4.69, 9.17) is 4.74 Å². The Morgan fingerprint density at radius 3 is 2.34 bits per heavy atom. The number of halogens is 3. The molecular weight excluding hydrogens is 419 g/mol. The van der Waals surface area contributed by atoms with Gasteiger partial charge in [0, 0.05) is 44.5 Å². The lowest BCUT2D eigenvalue weighted by Gasteiger charge is -2.40. The summed E-state index contributed by atoms with van der Waals surface area (Å²) in [6.07, 6.45) is 3.95. The topological polar surface area (TPSA) is 45.7 Å². The van der Waals surface area contributed by atoms with Crippen LogP contribution in [0.2, 0.25) is 0 Å². The highest BCUT2D eigenvalue weighted by molar-refractivity contribution is 5.75. The van der Waals surface area contributed by atoms with E-state index >= 15 is 0 Å². The number of carbonyl (C=O) groups excluding carboxylic acids is 1. The lowest BCUT2D eigenvalue weighted by Crippen LogP contribution is -2.52. The van der Waals surface area contributed by atoms with Crippen LogP contribution < -0.4 is 0 Å². The minimum absolute atomic E-state index is 0.0350. The summed E-state index contributed by atoms with van der Waals surface area (Å²) in [5.74, 6) is 0.0531. The van der Waals surface area contributed by atoms with Crippen LogP contribution in [0.15, 0.2) is 54.9 Å². The Hall–Kier alpha value is -2.87. The van der Waals surface area contributed by atoms with Crippen molar-refractivity contribution in [3.63, 3.8) is 0 Å². The zero-order valence-electron chi connectivity index (χ0n) is 17.7. The molecule has 2 aromatic rings. The molecule has 2 amide bonds. The lowest BCUT2D eigenvalue weighted by atomic mass is 9.84. The molecule has 2 fully saturated rings. The molecule has 8 heteroatoms. The summed E-state index contributed by atoms with van der Waals surface area (Å²) < 4.78 is 44.3. The number of nitrogens with zero attached hydrogens (tertiary/aromatic N) is 3. The molecule has 1 aromatic heterocycles. The van der Waals surface area contributed by atoms with Gasteiger partial charge in [-0.3, -0.25) is 4.98 Å². The Kier molecular flexibility index (Phi) is 6.79. The van der Waals surface area contributed by atoms with Crippen LogP contribution in [-0.4, -0.2) is 60.2 Å². The second kappa shape index (κ2) is 9.73. The number of hydrogen-bond donors (Lipinski definition) is 0. The van der Waals surface area contributed by atoms with Crippen molar-refractivity contribution in [2.75, 3.05) is 39.4 Å². The van der Waals surface area contributed by atoms with Gasteiger partial charge < -0.3 is 14.5 Å². The van der Waals surface area contributed by atoms with E-state index in [1.54, 1.807) is 29.4 Å². The number of pyridine rings is 1. The summed E-state index contributed by atoms with van der Waals surface area (Å²) in [6, 6.07) is 9.11. The number of morpholine rings is 1. The van der Waals surface area contributed by atoms with Crippen molar-refractivity contribution in [2.24, 2.45) is 5.92 Å². The average molecular weight is 445 g/mol. The Labute approximate surface area is 185 Å². The quantitative estimate of drug-likeness (QED) is 0.690. The van der Waals surface area contributed by atoms with Crippen molar-refractivity contribution < 1.29 is 22.7 Å². The van der Waals surface area contributed by atoms with Gasteiger partial charge in [0.05, 0.1) is 18.8 Å². The van der Waals surface area contributed by atoms with Crippen molar-refractivity contribution in [1.82, 2.24) is 14.8 Å². The van der Waals surface area contributed by atoms with Gasteiger partial charge in [0.2, 0.25) is 0 Å². The third-order valence-electron chi connectivity index (χ3n) is 6.01. The number of hydrogen-bond acceptors (Lipinski definition) is 3. The van der Waals surface area contributed by atoms with Crippen molar-refractivity contribution in [2.45, 2.75) is 18.5 Å². The fraction of sp³-hybridized carbons (Fsp3) is 0.417. The highest BCUT2D eigenvalue weighted by atomic mass is 19.4. The largest absolute Gasteiger partial charge is 0.416 e. The predicted molar refractivity (Wildman–Crippen MR) is 115 cm³/mol. The Morgan fingerprint density at radius 2 is 1.69 bits per heavy atom. The van der Waals surface area contributed by atoms with Crippen LogP contribution in [0, 0.1) is 5.92 Å². The van der Waals surface area contributed by atoms with E-state index in [9.17, 15) is 18.0 Å². The SMILES string of the molecule is O=C(N1CCOCC1)N1CC(C=Cc2ccncc2)CC(c2ccc(C(F)(F)F)cc2)C1. The molecule has 4 rings (SSSR count). The van der Waals surface area contributed by atoms with Gasteiger partial charge in [-0.2, -0.15) is 13.2 Å². The second-order valence-corrected chi connectivity index (χ2v) is 8.24. The molecule has 3 heterocycles. The van der Waals surface area contributed by atoms with Crippen molar-refractivity contribution in [3.05, 3.63) is 71.6 Å². The normalized spacial score (nSPS) is 22.3. The zero-order chi connectivity index (χ0) is 22.6. The summed E-state index contributed by atoms with van der Waals surface area (Å²) in [5.41, 5.74) is 1.18. The molecule has 1 aromatic carbocycles. The maximum absolute atomic E-state index is 13.2. The number of benzene rings is 1. The van der Waals surface area contributed by atoms with E-state index in [0.717, 1.165) is 29.7 Å². The van der Waals surface area contributed by atoms with Gasteiger partial charge in [0.1, 0.15) is 0 Å². The number of carbonyl (C=O) groups is 1. The maximum atomic E-state index is 13.2. The van der Waals surface area contributed by atoms with Crippen LogP contribution >= 0.6 is 0 Å². The first-order valence-electron chi connectivity index (χ1n) is 10.8. The molecular formula is C24H26F3N3O2. The summed E-state index contributed by atoms with van der Waals surface area (Å²) in [5, 5.41) is 0. The van der Waals surface area contributed by atoms with Crippen molar-refractivity contribution >= 4 is 12.1 Å². The van der Waals surface area contributed by atoms with Crippen molar-refractivity contribution in [1.29, 1.82) is 0 Å². The van der Waals surface area contributed by atoms with E-state index in [-0.39, 0.29) is 17.9 Å². The summed E-state index contributed by atoms with van der Waals surface area (Å²) in [6.45, 7) is 3.21. The van der Waals surface area contributed by atoms with Gasteiger partial charge >= 0.3 is 12.2 Å². The third kappa shape index (κ3) is 5.48. The molecule has 2 aliphatic rings. The lowest BCUT2D eigenvalue weighted by molar-refractivity contribution is -0.137. The third-order valence-corrected chi connectivity index (χ3v) is 6.01. The molecule has 0 aliphatic carbocycles. The van der Waals surface area contributed by atoms with Crippen LogP contribution in [0.3, 0.4) is 0 Å². The standard InChI is InChI=1S/C24H26F3N3O2/c25-24(26,27)22-5-3-20(4-6-22)21-15-19(2-1-18-7-9-28-10-8-18)16-30(17-21)23(31)29-11-13-32-14-12-29/h1-10,19,21H,11-17H2. The molecule has 2 aliphatic heterocycles. The number of piperidine rings is 1. The van der Waals surface area contributed by atoms with E-state index in [1.165, 1.54) is 0 Å². The Morgan fingerprint density at radius 1 is 1.00 bits per heavy atom. The van der Waals surface area contributed by atoms with Gasteiger partial charge in [0.15, 0.2) is 0 Å². The second-order valence-electron chi connectivity index (χ2n) is 8.24. The number of aromatic nitrogens is 1. The monoisotopic (exact) mass is 445 g/mol. The van der Waals surface area contributed by atoms with E-state index in [1.807, 2.05) is 23.1 Å². The van der Waals surface area contributed by atoms with Gasteiger partial charge in [-0.25, -0.2) is 4.79 Å². The van der Waals surface area contributed by atoms with Crippen LogP contribution in [0.25, 0.3) is 6.08 Å². The summed E-state index contributed by atoms with van der Waals surface area (Å²) >= 11 is 0. The number of urea groups is 1. The van der Waals surface area contributed by atoms with E-state index < -0.39 is 11.7 Å². The molecule has 0 N–H and O–H groups in total. The zero-order valence-corrected chi connectivity index (χ0v) is 17.7. The number of rotatable bonds is 3. The van der Waals surface area contributed by atoms with E-state index in [0.29, 0.717) is 39.4 Å². The molecule has 2 atom stereocenters. The number of likely N-dealkylation sites (tertiary alicyclic amines) is 1. The molecule has 2 saturated heterocycles. The predicted octanol–water partition coefficient (Wildman–Crippen LogP) is 4.67. The first-order chi connectivity index (χ1) is 15.4. The minimum Gasteiger partial charge on any atom is -0.378 e. The average Bonchev–Trinajstić information content (AvgIpc) is 2.83. The molecule has 5 nitrogen and oxygen atoms in total. The minimum atomic E-state index is -4.36. The Bertz CT molecular complexity index is 926. The van der Waals surface area contributed by atoms with Crippen molar-refractivity contribution in [3.8, 4) is 0 Å². The molecule has 32 heavy (non-hydrogen) atoms. The van der Waals surface area contributed by atoms with Gasteiger partial charge in [-0.05, 0) is 47.7 Å². The molecule has 0 radical (unpaired) electrons. The first-order valence-corrected chi connectivity index (χ1v) is 10.8. The van der Waals surface area contributed by atoms with Gasteiger partial charge in [-0.1, -0.05) is 24.3 Å². The first kappa shape index (κ1) is 22.3. The summed E-state index contributed by atoms with van der Waals surface area (Å²) in [4.78, 5) is 20.8. The molecule has 0 bridgehead atoms.